The first-order valence-electron chi connectivity index (χ1n) is 5.25. The highest BCUT2D eigenvalue weighted by Gasteiger charge is 2.75. The van der Waals surface area contributed by atoms with Gasteiger partial charge in [-0.25, -0.2) is 0 Å². The van der Waals surface area contributed by atoms with Gasteiger partial charge < -0.3 is 4.74 Å². The van der Waals surface area contributed by atoms with E-state index in [1.807, 2.05) is 0 Å². The summed E-state index contributed by atoms with van der Waals surface area (Å²) in [6.07, 6.45) is -7.08. The van der Waals surface area contributed by atoms with Gasteiger partial charge >= 0.3 is 18.0 Å². The molecule has 0 saturated heterocycles. The smallest absolute Gasteiger partial charge is 0.455 e. The van der Waals surface area contributed by atoms with Gasteiger partial charge in [-0.1, -0.05) is 18.2 Å². The minimum absolute atomic E-state index is 0.188. The number of carbonyl (C=O) groups is 1. The number of hydrogen-bond donors (Lipinski definition) is 0. The zero-order chi connectivity index (χ0) is 16.3. The molecule has 0 aliphatic heterocycles. The molecule has 21 heavy (non-hydrogen) atoms. The Bertz CT molecular complexity index is 520. The third kappa shape index (κ3) is 3.34. The summed E-state index contributed by atoms with van der Waals surface area (Å²) in [5.74, 6) is -14.7. The fourth-order valence-corrected chi connectivity index (χ4v) is 1.21. The summed E-state index contributed by atoms with van der Waals surface area (Å²) in [5, 5.41) is 0. The predicted octanol–water partition coefficient (Wildman–Crippen LogP) is 3.98. The van der Waals surface area contributed by atoms with E-state index in [2.05, 4.69) is 4.74 Å². The minimum atomic E-state index is -6.52. The van der Waals surface area contributed by atoms with Crippen molar-refractivity contribution < 1.29 is 40.3 Å². The first-order valence-corrected chi connectivity index (χ1v) is 5.25. The average molecular weight is 316 g/mol. The second-order valence-electron chi connectivity index (χ2n) is 3.73. The molecule has 0 amide bonds. The normalized spacial score (nSPS) is 14.0. The van der Waals surface area contributed by atoms with Crippen LogP contribution in [0.25, 0.3) is 0 Å². The van der Waals surface area contributed by atoms with Gasteiger partial charge in [-0.3, -0.25) is 4.79 Å². The first kappa shape index (κ1) is 17.0. The zero-order valence-corrected chi connectivity index (χ0v) is 10.0. The highest BCUT2D eigenvalue weighted by atomic mass is 19.4. The molecule has 9 heteroatoms. The molecule has 2 nitrogen and oxygen atoms in total. The van der Waals surface area contributed by atoms with Crippen LogP contribution in [0.5, 0.6) is 5.75 Å². The Balaban J connectivity index is 3.22. The van der Waals surface area contributed by atoms with Crippen molar-refractivity contribution in [1.29, 1.82) is 0 Å². The van der Waals surface area contributed by atoms with E-state index in [4.69, 9.17) is 0 Å². The van der Waals surface area contributed by atoms with Crippen molar-refractivity contribution in [3.8, 4) is 5.75 Å². The lowest BCUT2D eigenvalue weighted by Crippen LogP contribution is -2.53. The molecule has 0 aromatic heterocycles. The van der Waals surface area contributed by atoms with Gasteiger partial charge in [-0.05, 0) is 12.1 Å². The van der Waals surface area contributed by atoms with Crippen molar-refractivity contribution in [1.82, 2.24) is 0 Å². The molecule has 0 saturated carbocycles. The Morgan fingerprint density at radius 1 is 0.952 bits per heavy atom. The van der Waals surface area contributed by atoms with E-state index in [0.29, 0.717) is 0 Å². The molecule has 0 N–H and O–H groups in total. The summed E-state index contributed by atoms with van der Waals surface area (Å²) in [6.45, 7) is 0. The largest absolute Gasteiger partial charge is 0.460 e. The fourth-order valence-electron chi connectivity index (χ4n) is 1.21. The standard InChI is InChI=1S/C12H7F7O2/c13-10(14,11(15,16)12(17,18)19)9(6-7-20)21-8-4-2-1-3-5-8/h1-7H/b9-6+. The zero-order valence-electron chi connectivity index (χ0n) is 10.0. The van der Waals surface area contributed by atoms with Gasteiger partial charge in [0.1, 0.15) is 12.0 Å². The van der Waals surface area contributed by atoms with Gasteiger partial charge in [0.2, 0.25) is 0 Å². The molecule has 0 bridgehead atoms. The molecule has 0 radical (unpaired) electrons. The molecule has 0 spiro atoms. The van der Waals surface area contributed by atoms with Crippen LogP contribution in [0.3, 0.4) is 0 Å². The maximum Gasteiger partial charge on any atom is 0.460 e. The van der Waals surface area contributed by atoms with E-state index in [9.17, 15) is 35.5 Å². The van der Waals surface area contributed by atoms with E-state index in [1.54, 1.807) is 0 Å². The Hall–Kier alpha value is -2.06. The Morgan fingerprint density at radius 3 is 1.90 bits per heavy atom. The van der Waals surface area contributed by atoms with E-state index in [1.165, 1.54) is 18.2 Å². The van der Waals surface area contributed by atoms with Gasteiger partial charge in [0.05, 0.1) is 0 Å². The molecule has 0 atom stereocenters. The molecule has 0 fully saturated rings. The summed E-state index contributed by atoms with van der Waals surface area (Å²) in [7, 11) is 0. The van der Waals surface area contributed by atoms with Gasteiger partial charge in [0.15, 0.2) is 5.76 Å². The van der Waals surface area contributed by atoms with Crippen molar-refractivity contribution in [2.45, 2.75) is 18.0 Å². The number of ether oxygens (including phenoxy) is 1. The lowest BCUT2D eigenvalue weighted by atomic mass is 10.1. The molecule has 0 heterocycles. The summed E-state index contributed by atoms with van der Waals surface area (Å²) in [4.78, 5) is 10.2. The van der Waals surface area contributed by atoms with Crippen molar-refractivity contribution in [3.05, 3.63) is 42.2 Å². The van der Waals surface area contributed by atoms with Crippen LogP contribution in [0, 0.1) is 0 Å². The van der Waals surface area contributed by atoms with Crippen LogP contribution in [-0.4, -0.2) is 24.3 Å². The molecule has 116 valence electrons. The number of allylic oxidation sites excluding steroid dienone is 2. The summed E-state index contributed by atoms with van der Waals surface area (Å²) < 4.78 is 93.1. The lowest BCUT2D eigenvalue weighted by Gasteiger charge is -2.29. The third-order valence-corrected chi connectivity index (χ3v) is 2.25. The second-order valence-corrected chi connectivity index (χ2v) is 3.73. The van der Waals surface area contributed by atoms with Crippen LogP contribution in [0.4, 0.5) is 30.7 Å². The van der Waals surface area contributed by atoms with Gasteiger partial charge in [-0.2, -0.15) is 30.7 Å². The summed E-state index contributed by atoms with van der Waals surface area (Å²) in [5.41, 5.74) is 0. The van der Waals surface area contributed by atoms with Crippen LogP contribution in [0.15, 0.2) is 42.2 Å². The fraction of sp³-hybridized carbons (Fsp3) is 0.250. The highest BCUT2D eigenvalue weighted by Crippen LogP contribution is 2.49. The molecule has 0 aliphatic rings. The van der Waals surface area contributed by atoms with E-state index >= 15 is 0 Å². The quantitative estimate of drug-likeness (QED) is 0.355. The minimum Gasteiger partial charge on any atom is -0.455 e. The monoisotopic (exact) mass is 316 g/mol. The SMILES string of the molecule is O=C/C=C(/Oc1ccccc1)C(F)(F)C(F)(F)C(F)(F)F. The molecular weight excluding hydrogens is 309 g/mol. The number of benzene rings is 1. The topological polar surface area (TPSA) is 26.3 Å². The highest BCUT2D eigenvalue weighted by molar-refractivity contribution is 5.66. The van der Waals surface area contributed by atoms with Crippen LogP contribution in [-0.2, 0) is 4.79 Å². The van der Waals surface area contributed by atoms with Crippen molar-refractivity contribution in [2.24, 2.45) is 0 Å². The predicted molar refractivity (Wildman–Crippen MR) is 57.2 cm³/mol. The number of rotatable bonds is 5. The van der Waals surface area contributed by atoms with Crippen LogP contribution >= 0.6 is 0 Å². The van der Waals surface area contributed by atoms with Crippen molar-refractivity contribution in [2.75, 3.05) is 0 Å². The van der Waals surface area contributed by atoms with E-state index < -0.39 is 29.5 Å². The second kappa shape index (κ2) is 5.74. The molecule has 1 aromatic rings. The van der Waals surface area contributed by atoms with Crippen LogP contribution < -0.4 is 4.74 Å². The molecular formula is C12H7F7O2. The maximum absolute atomic E-state index is 13.4. The molecule has 0 aliphatic carbocycles. The number of alkyl halides is 7. The average Bonchev–Trinajstić information content (AvgIpc) is 2.38. The summed E-state index contributed by atoms with van der Waals surface area (Å²) >= 11 is 0. The van der Waals surface area contributed by atoms with Gasteiger partial charge in [-0.15, -0.1) is 0 Å². The number of carbonyl (C=O) groups excluding carboxylic acids is 1. The maximum atomic E-state index is 13.4. The Labute approximate surface area is 113 Å². The van der Waals surface area contributed by atoms with Crippen LogP contribution in [0.1, 0.15) is 0 Å². The van der Waals surface area contributed by atoms with Gasteiger partial charge in [0.25, 0.3) is 0 Å². The third-order valence-electron chi connectivity index (χ3n) is 2.25. The Morgan fingerprint density at radius 2 is 1.48 bits per heavy atom. The molecule has 0 unspecified atom stereocenters. The van der Waals surface area contributed by atoms with Crippen molar-refractivity contribution in [3.63, 3.8) is 0 Å². The summed E-state index contributed by atoms with van der Waals surface area (Å²) in [6, 6.07) is 6.06. The first-order chi connectivity index (χ1) is 9.54. The van der Waals surface area contributed by atoms with Crippen LogP contribution in [0.2, 0.25) is 0 Å². The number of para-hydroxylation sites is 1. The van der Waals surface area contributed by atoms with E-state index in [-0.39, 0.29) is 12.4 Å². The molecule has 1 aromatic carbocycles. The molecule has 1 rings (SSSR count). The lowest BCUT2D eigenvalue weighted by molar-refractivity contribution is -0.348. The number of halogens is 7. The Kier molecular flexibility index (Phi) is 4.65. The number of aldehydes is 1. The van der Waals surface area contributed by atoms with Crippen molar-refractivity contribution >= 4 is 6.29 Å². The number of hydrogen-bond acceptors (Lipinski definition) is 2. The van der Waals surface area contributed by atoms with E-state index in [0.717, 1.165) is 12.1 Å². The van der Waals surface area contributed by atoms with Gasteiger partial charge in [0, 0.05) is 6.08 Å².